The minimum atomic E-state index is -0.0934. The number of aromatic nitrogens is 2. The monoisotopic (exact) mass is 415 g/mol. The summed E-state index contributed by atoms with van der Waals surface area (Å²) in [6.07, 6.45) is 0. The number of nitrogens with zero attached hydrogens (tertiary/aromatic N) is 1. The molecule has 0 spiro atoms. The molecule has 0 bridgehead atoms. The van der Waals surface area contributed by atoms with Gasteiger partial charge in [0.2, 0.25) is 5.91 Å². The Morgan fingerprint density at radius 3 is 2.20 bits per heavy atom. The van der Waals surface area contributed by atoms with Crippen LogP contribution in [0.4, 0.5) is 5.69 Å². The van der Waals surface area contributed by atoms with Gasteiger partial charge in [-0.3, -0.25) is 4.79 Å². The highest BCUT2D eigenvalue weighted by Gasteiger charge is 2.15. The van der Waals surface area contributed by atoms with Crippen molar-refractivity contribution < 1.29 is 9.53 Å². The van der Waals surface area contributed by atoms with Crippen molar-refractivity contribution in [2.75, 3.05) is 18.2 Å². The quantitative estimate of drug-likeness (QED) is 0.392. The summed E-state index contributed by atoms with van der Waals surface area (Å²) in [5.74, 6) is 0.908. The van der Waals surface area contributed by atoms with Crippen LogP contribution in [0.3, 0.4) is 0 Å². The van der Waals surface area contributed by atoms with Crippen molar-refractivity contribution in [1.29, 1.82) is 0 Å². The molecule has 0 fully saturated rings. The number of carbonyl (C=O) groups excluding carboxylic acids is 1. The molecule has 4 aromatic rings. The van der Waals surface area contributed by atoms with Crippen molar-refractivity contribution in [2.45, 2.75) is 5.16 Å². The van der Waals surface area contributed by atoms with Gasteiger partial charge in [-0.15, -0.1) is 0 Å². The average molecular weight is 416 g/mol. The number of rotatable bonds is 7. The van der Waals surface area contributed by atoms with E-state index in [4.69, 9.17) is 9.72 Å². The largest absolute Gasteiger partial charge is 0.497 e. The molecule has 1 heterocycles. The lowest BCUT2D eigenvalue weighted by Crippen LogP contribution is -2.14. The maximum atomic E-state index is 12.4. The Labute approximate surface area is 179 Å². The zero-order valence-corrected chi connectivity index (χ0v) is 17.3. The van der Waals surface area contributed by atoms with Crippen LogP contribution < -0.4 is 10.1 Å². The smallest absolute Gasteiger partial charge is 0.234 e. The molecule has 30 heavy (non-hydrogen) atoms. The molecule has 6 heteroatoms. The molecule has 3 aromatic carbocycles. The number of hydrogen-bond donors (Lipinski definition) is 2. The van der Waals surface area contributed by atoms with Crippen molar-refractivity contribution in [3.05, 3.63) is 84.9 Å². The molecule has 1 amide bonds. The Kier molecular flexibility index (Phi) is 6.15. The summed E-state index contributed by atoms with van der Waals surface area (Å²) in [5.41, 5.74) is 4.64. The standard InChI is InChI=1S/C24H21N3O2S/c1-29-20-14-12-19(13-15-20)25-21(28)16-30-24-26-22(17-8-4-2-5-9-17)23(27-24)18-10-6-3-7-11-18/h2-15H,16H2,1H3,(H,25,28)(H,26,27). The van der Waals surface area contributed by atoms with Gasteiger partial charge in [-0.25, -0.2) is 4.98 Å². The topological polar surface area (TPSA) is 67.0 Å². The van der Waals surface area contributed by atoms with E-state index in [1.54, 1.807) is 7.11 Å². The van der Waals surface area contributed by atoms with E-state index in [2.05, 4.69) is 10.3 Å². The maximum Gasteiger partial charge on any atom is 0.234 e. The van der Waals surface area contributed by atoms with Crippen molar-refractivity contribution in [3.63, 3.8) is 0 Å². The van der Waals surface area contributed by atoms with Gasteiger partial charge in [0.05, 0.1) is 24.3 Å². The number of hydrogen-bond acceptors (Lipinski definition) is 4. The van der Waals surface area contributed by atoms with Crippen molar-refractivity contribution in [1.82, 2.24) is 9.97 Å². The zero-order chi connectivity index (χ0) is 20.8. The summed E-state index contributed by atoms with van der Waals surface area (Å²) in [5, 5.41) is 3.60. The molecule has 0 aliphatic heterocycles. The fraction of sp³-hybridized carbons (Fsp3) is 0.0833. The molecule has 0 saturated carbocycles. The van der Waals surface area contributed by atoms with E-state index in [-0.39, 0.29) is 11.7 Å². The zero-order valence-electron chi connectivity index (χ0n) is 16.5. The number of anilines is 1. The van der Waals surface area contributed by atoms with Crippen LogP contribution in [0.15, 0.2) is 90.1 Å². The molecule has 150 valence electrons. The van der Waals surface area contributed by atoms with Crippen LogP contribution in [-0.2, 0) is 4.79 Å². The number of benzene rings is 3. The third-order valence-corrected chi connectivity index (χ3v) is 5.38. The number of thioether (sulfide) groups is 1. The maximum absolute atomic E-state index is 12.4. The van der Waals surface area contributed by atoms with Gasteiger partial charge in [0.1, 0.15) is 5.75 Å². The summed E-state index contributed by atoms with van der Waals surface area (Å²) >= 11 is 1.38. The number of imidazole rings is 1. The van der Waals surface area contributed by atoms with E-state index in [9.17, 15) is 4.79 Å². The van der Waals surface area contributed by atoms with E-state index in [0.29, 0.717) is 5.16 Å². The summed E-state index contributed by atoms with van der Waals surface area (Å²) in [6, 6.07) is 27.4. The summed E-state index contributed by atoms with van der Waals surface area (Å²) in [7, 11) is 1.61. The highest BCUT2D eigenvalue weighted by Crippen LogP contribution is 2.32. The van der Waals surface area contributed by atoms with Crippen LogP contribution in [0.1, 0.15) is 0 Å². The number of amides is 1. The van der Waals surface area contributed by atoms with E-state index in [0.717, 1.165) is 34.0 Å². The summed E-state index contributed by atoms with van der Waals surface area (Å²) < 4.78 is 5.14. The third kappa shape index (κ3) is 4.72. The minimum absolute atomic E-state index is 0.0934. The Balaban J connectivity index is 1.50. The lowest BCUT2D eigenvalue weighted by molar-refractivity contribution is -0.113. The Morgan fingerprint density at radius 2 is 1.57 bits per heavy atom. The van der Waals surface area contributed by atoms with Crippen molar-refractivity contribution in [3.8, 4) is 28.3 Å². The number of carbonyl (C=O) groups is 1. The highest BCUT2D eigenvalue weighted by atomic mass is 32.2. The third-order valence-electron chi connectivity index (χ3n) is 4.51. The van der Waals surface area contributed by atoms with Gasteiger partial charge in [-0.1, -0.05) is 72.4 Å². The minimum Gasteiger partial charge on any atom is -0.497 e. The van der Waals surface area contributed by atoms with Gasteiger partial charge >= 0.3 is 0 Å². The number of ether oxygens (including phenoxy) is 1. The Hall–Kier alpha value is -3.51. The van der Waals surface area contributed by atoms with Gasteiger partial charge < -0.3 is 15.0 Å². The van der Waals surface area contributed by atoms with Crippen LogP contribution in [0, 0.1) is 0 Å². The Bertz CT molecular complexity index is 1050. The molecular formula is C24H21N3O2S. The van der Waals surface area contributed by atoms with Gasteiger partial charge in [0, 0.05) is 16.8 Å². The average Bonchev–Trinajstić information content (AvgIpc) is 3.24. The number of H-pyrrole nitrogens is 1. The fourth-order valence-electron chi connectivity index (χ4n) is 3.04. The lowest BCUT2D eigenvalue weighted by Gasteiger charge is -2.05. The second kappa shape index (κ2) is 9.33. The fourth-order valence-corrected chi connectivity index (χ4v) is 3.71. The molecule has 0 aliphatic carbocycles. The van der Waals surface area contributed by atoms with E-state index < -0.39 is 0 Å². The van der Waals surface area contributed by atoms with Crippen LogP contribution in [0.5, 0.6) is 5.75 Å². The van der Waals surface area contributed by atoms with E-state index >= 15 is 0 Å². The second-order valence-corrected chi connectivity index (χ2v) is 7.53. The predicted molar refractivity (Wildman–Crippen MR) is 122 cm³/mol. The number of methoxy groups -OCH3 is 1. The summed E-state index contributed by atoms with van der Waals surface area (Å²) in [4.78, 5) is 20.5. The highest BCUT2D eigenvalue weighted by molar-refractivity contribution is 7.99. The van der Waals surface area contributed by atoms with Crippen molar-refractivity contribution in [2.24, 2.45) is 0 Å². The molecule has 0 saturated heterocycles. The molecular weight excluding hydrogens is 394 g/mol. The van der Waals surface area contributed by atoms with Gasteiger partial charge in [0.25, 0.3) is 0 Å². The molecule has 0 aliphatic rings. The lowest BCUT2D eigenvalue weighted by atomic mass is 10.1. The van der Waals surface area contributed by atoms with Gasteiger partial charge in [-0.05, 0) is 24.3 Å². The molecule has 0 atom stereocenters. The molecule has 0 unspecified atom stereocenters. The first-order valence-corrected chi connectivity index (χ1v) is 10.5. The first-order chi connectivity index (χ1) is 14.7. The van der Waals surface area contributed by atoms with Crippen molar-refractivity contribution >= 4 is 23.4 Å². The van der Waals surface area contributed by atoms with Crippen LogP contribution in [-0.4, -0.2) is 28.7 Å². The predicted octanol–water partition coefficient (Wildman–Crippen LogP) is 5.48. The van der Waals surface area contributed by atoms with Gasteiger partial charge in [0.15, 0.2) is 5.16 Å². The SMILES string of the molecule is COc1ccc(NC(=O)CSc2nc(-c3ccccc3)c(-c3ccccc3)[nH]2)cc1. The van der Waals surface area contributed by atoms with Gasteiger partial charge in [-0.2, -0.15) is 0 Å². The Morgan fingerprint density at radius 1 is 0.933 bits per heavy atom. The summed E-state index contributed by atoms with van der Waals surface area (Å²) in [6.45, 7) is 0. The molecule has 1 aromatic heterocycles. The van der Waals surface area contributed by atoms with E-state index in [1.165, 1.54) is 11.8 Å². The molecule has 4 rings (SSSR count). The second-order valence-electron chi connectivity index (χ2n) is 6.56. The van der Waals surface area contributed by atoms with Crippen LogP contribution >= 0.6 is 11.8 Å². The molecule has 0 radical (unpaired) electrons. The normalized spacial score (nSPS) is 10.6. The number of aromatic amines is 1. The first kappa shape index (κ1) is 19.8. The molecule has 5 nitrogen and oxygen atoms in total. The first-order valence-electron chi connectivity index (χ1n) is 9.50. The number of nitrogens with one attached hydrogen (secondary N) is 2. The van der Waals surface area contributed by atoms with Crippen LogP contribution in [0.25, 0.3) is 22.5 Å². The van der Waals surface area contributed by atoms with E-state index in [1.807, 2.05) is 84.9 Å². The van der Waals surface area contributed by atoms with Crippen LogP contribution in [0.2, 0.25) is 0 Å². The molecule has 2 N–H and O–H groups in total.